The molecule has 5 nitrogen and oxygen atoms in total. The van der Waals surface area contributed by atoms with Crippen molar-refractivity contribution < 1.29 is 0 Å². The van der Waals surface area contributed by atoms with Crippen LogP contribution in [0.4, 0.5) is 5.95 Å². The van der Waals surface area contributed by atoms with E-state index in [4.69, 9.17) is 0 Å². The number of nitrogens with zero attached hydrogens (tertiary/aromatic N) is 4. The fourth-order valence-corrected chi connectivity index (χ4v) is 1.90. The molecule has 1 aromatic rings. The maximum absolute atomic E-state index is 4.64. The first-order valence-electron chi connectivity index (χ1n) is 6.95. The number of aryl methyl sites for hydroxylation is 1. The van der Waals surface area contributed by atoms with Gasteiger partial charge in [-0.05, 0) is 34.5 Å². The highest BCUT2D eigenvalue weighted by Crippen LogP contribution is 2.11. The molecule has 5 heteroatoms. The van der Waals surface area contributed by atoms with Crippen molar-refractivity contribution in [1.82, 2.24) is 20.2 Å². The topological polar surface area (TPSA) is 44.3 Å². The SMILES string of the molecule is CCCN(CCN(C)C)c1ncc(CNC)c(C)n1. The molecule has 108 valence electrons. The predicted octanol–water partition coefficient (Wildman–Crippen LogP) is 1.28. The van der Waals surface area contributed by atoms with Gasteiger partial charge >= 0.3 is 0 Å². The molecule has 0 bridgehead atoms. The van der Waals surface area contributed by atoms with Crippen LogP contribution < -0.4 is 10.2 Å². The van der Waals surface area contributed by atoms with Gasteiger partial charge in [-0.1, -0.05) is 6.92 Å². The molecule has 0 amide bonds. The van der Waals surface area contributed by atoms with E-state index in [0.29, 0.717) is 0 Å². The lowest BCUT2D eigenvalue weighted by atomic mass is 10.2. The van der Waals surface area contributed by atoms with Crippen molar-refractivity contribution in [1.29, 1.82) is 0 Å². The van der Waals surface area contributed by atoms with Crippen LogP contribution in [-0.2, 0) is 6.54 Å². The minimum Gasteiger partial charge on any atom is -0.340 e. The summed E-state index contributed by atoms with van der Waals surface area (Å²) in [5.74, 6) is 0.848. The lowest BCUT2D eigenvalue weighted by Gasteiger charge is -2.24. The summed E-state index contributed by atoms with van der Waals surface area (Å²) in [6, 6.07) is 0. The monoisotopic (exact) mass is 265 g/mol. The molecule has 1 heterocycles. The zero-order chi connectivity index (χ0) is 14.3. The van der Waals surface area contributed by atoms with E-state index in [0.717, 1.165) is 49.8 Å². The summed E-state index contributed by atoms with van der Waals surface area (Å²) >= 11 is 0. The van der Waals surface area contributed by atoms with Gasteiger partial charge in [-0.2, -0.15) is 0 Å². The predicted molar refractivity (Wildman–Crippen MR) is 80.6 cm³/mol. The number of hydrogen-bond acceptors (Lipinski definition) is 5. The minimum atomic E-state index is 0.817. The highest BCUT2D eigenvalue weighted by molar-refractivity contribution is 5.32. The number of nitrogens with one attached hydrogen (secondary N) is 1. The first kappa shape index (κ1) is 15.9. The summed E-state index contributed by atoms with van der Waals surface area (Å²) in [7, 11) is 6.12. The molecule has 0 aliphatic heterocycles. The Morgan fingerprint density at radius 1 is 1.21 bits per heavy atom. The highest BCUT2D eigenvalue weighted by Gasteiger charge is 2.10. The molecule has 0 aromatic carbocycles. The summed E-state index contributed by atoms with van der Waals surface area (Å²) < 4.78 is 0. The van der Waals surface area contributed by atoms with Crippen LogP contribution in [0.5, 0.6) is 0 Å². The van der Waals surface area contributed by atoms with Crippen LogP contribution in [-0.4, -0.2) is 55.6 Å². The second-order valence-electron chi connectivity index (χ2n) is 5.10. The Morgan fingerprint density at radius 2 is 1.95 bits per heavy atom. The maximum atomic E-state index is 4.64. The second kappa shape index (κ2) is 8.07. The van der Waals surface area contributed by atoms with Gasteiger partial charge in [0.15, 0.2) is 0 Å². The third-order valence-corrected chi connectivity index (χ3v) is 3.03. The molecule has 1 rings (SSSR count). The van der Waals surface area contributed by atoms with Crippen LogP contribution >= 0.6 is 0 Å². The van der Waals surface area contributed by atoms with Gasteiger partial charge in [0.1, 0.15) is 0 Å². The van der Waals surface area contributed by atoms with Gasteiger partial charge in [-0.25, -0.2) is 9.97 Å². The lowest BCUT2D eigenvalue weighted by molar-refractivity contribution is 0.411. The van der Waals surface area contributed by atoms with Crippen molar-refractivity contribution in [2.75, 3.05) is 45.7 Å². The van der Waals surface area contributed by atoms with Crippen LogP contribution in [0.25, 0.3) is 0 Å². The molecule has 19 heavy (non-hydrogen) atoms. The summed E-state index contributed by atoms with van der Waals surface area (Å²) in [4.78, 5) is 13.6. The number of rotatable bonds is 8. The molecule has 1 N–H and O–H groups in total. The van der Waals surface area contributed by atoms with Crippen molar-refractivity contribution >= 4 is 5.95 Å². The summed E-state index contributed by atoms with van der Waals surface area (Å²) in [6.45, 7) is 8.03. The Labute approximate surface area is 117 Å². The standard InChI is InChI=1S/C14H27N5/c1-6-7-19(9-8-18(4)5)14-16-11-13(10-15-3)12(2)17-14/h11,15H,6-10H2,1-5H3. The van der Waals surface area contributed by atoms with Gasteiger partial charge in [0.25, 0.3) is 0 Å². The molecule has 0 radical (unpaired) electrons. The van der Waals surface area contributed by atoms with Gasteiger partial charge in [0.05, 0.1) is 0 Å². The molecule has 0 atom stereocenters. The summed E-state index contributed by atoms with van der Waals surface area (Å²) in [5, 5.41) is 3.14. The van der Waals surface area contributed by atoms with E-state index in [1.54, 1.807) is 0 Å². The Kier molecular flexibility index (Phi) is 6.73. The molecular formula is C14H27N5. The van der Waals surface area contributed by atoms with Crippen LogP contribution in [0.15, 0.2) is 6.20 Å². The average Bonchev–Trinajstić information content (AvgIpc) is 2.37. The first-order valence-corrected chi connectivity index (χ1v) is 6.95. The van der Waals surface area contributed by atoms with Crippen molar-refractivity contribution in [3.63, 3.8) is 0 Å². The number of hydrogen-bond donors (Lipinski definition) is 1. The number of anilines is 1. The van der Waals surface area contributed by atoms with E-state index in [1.807, 2.05) is 20.2 Å². The van der Waals surface area contributed by atoms with Gasteiger partial charge in [-0.3, -0.25) is 0 Å². The summed E-state index contributed by atoms with van der Waals surface area (Å²) in [6.07, 6.45) is 3.04. The van der Waals surface area contributed by atoms with E-state index in [-0.39, 0.29) is 0 Å². The van der Waals surface area contributed by atoms with E-state index in [2.05, 4.69) is 46.1 Å². The smallest absolute Gasteiger partial charge is 0.225 e. The molecule has 0 aliphatic carbocycles. The number of likely N-dealkylation sites (N-methyl/N-ethyl adjacent to an activating group) is 1. The Morgan fingerprint density at radius 3 is 2.47 bits per heavy atom. The molecule has 0 saturated heterocycles. The zero-order valence-electron chi connectivity index (χ0n) is 12.9. The van der Waals surface area contributed by atoms with Crippen LogP contribution in [0.3, 0.4) is 0 Å². The van der Waals surface area contributed by atoms with Crippen molar-refractivity contribution in [2.45, 2.75) is 26.8 Å². The van der Waals surface area contributed by atoms with Crippen molar-refractivity contribution in [3.05, 3.63) is 17.5 Å². The molecule has 0 unspecified atom stereocenters. The average molecular weight is 265 g/mol. The van der Waals surface area contributed by atoms with Crippen LogP contribution in [0, 0.1) is 6.92 Å². The maximum Gasteiger partial charge on any atom is 0.225 e. The minimum absolute atomic E-state index is 0.817. The fraction of sp³-hybridized carbons (Fsp3) is 0.714. The third-order valence-electron chi connectivity index (χ3n) is 3.03. The van der Waals surface area contributed by atoms with Crippen LogP contribution in [0.2, 0.25) is 0 Å². The second-order valence-corrected chi connectivity index (χ2v) is 5.10. The lowest BCUT2D eigenvalue weighted by Crippen LogP contribution is -2.33. The van der Waals surface area contributed by atoms with E-state index in [9.17, 15) is 0 Å². The van der Waals surface area contributed by atoms with Crippen molar-refractivity contribution in [3.8, 4) is 0 Å². The third kappa shape index (κ3) is 5.12. The largest absolute Gasteiger partial charge is 0.340 e. The normalized spacial score (nSPS) is 11.1. The Bertz CT molecular complexity index is 378. The van der Waals surface area contributed by atoms with E-state index >= 15 is 0 Å². The van der Waals surface area contributed by atoms with Gasteiger partial charge < -0.3 is 15.1 Å². The van der Waals surface area contributed by atoms with Gasteiger partial charge in [0.2, 0.25) is 5.95 Å². The van der Waals surface area contributed by atoms with Gasteiger partial charge in [-0.15, -0.1) is 0 Å². The Balaban J connectivity index is 2.80. The molecule has 1 aromatic heterocycles. The highest BCUT2D eigenvalue weighted by atomic mass is 15.3. The first-order chi connectivity index (χ1) is 9.08. The molecule has 0 saturated carbocycles. The zero-order valence-corrected chi connectivity index (χ0v) is 12.9. The van der Waals surface area contributed by atoms with Crippen LogP contribution in [0.1, 0.15) is 24.6 Å². The van der Waals surface area contributed by atoms with E-state index < -0.39 is 0 Å². The molecule has 0 fully saturated rings. The fourth-order valence-electron chi connectivity index (χ4n) is 1.90. The quantitative estimate of drug-likeness (QED) is 0.767. The number of aromatic nitrogens is 2. The van der Waals surface area contributed by atoms with Crippen molar-refractivity contribution in [2.24, 2.45) is 0 Å². The molecule has 0 aliphatic rings. The Hall–Kier alpha value is -1.20. The molecular weight excluding hydrogens is 238 g/mol. The molecule has 0 spiro atoms. The van der Waals surface area contributed by atoms with Gasteiger partial charge in [0, 0.05) is 43.6 Å². The summed E-state index contributed by atoms with van der Waals surface area (Å²) in [5.41, 5.74) is 2.22. The van der Waals surface area contributed by atoms with E-state index in [1.165, 1.54) is 0 Å².